The highest BCUT2D eigenvalue weighted by Gasteiger charge is 2.23. The maximum absolute atomic E-state index is 6.72. The summed E-state index contributed by atoms with van der Waals surface area (Å²) in [6.45, 7) is 3.59. The summed E-state index contributed by atoms with van der Waals surface area (Å²) in [7, 11) is 0. The van der Waals surface area contributed by atoms with Gasteiger partial charge in [0.2, 0.25) is 0 Å². The van der Waals surface area contributed by atoms with Crippen LogP contribution in [0.5, 0.6) is 0 Å². The lowest BCUT2D eigenvalue weighted by Gasteiger charge is -2.15. The first kappa shape index (κ1) is 21.6. The fraction of sp³-hybridized carbons (Fsp3) is 0.269. The molecular formula is C26H24ClN5OS. The Morgan fingerprint density at radius 3 is 2.79 bits per heavy atom. The molecule has 5 aromatic rings. The number of fused-ring (bicyclic) bond motifs is 2. The molecule has 0 aliphatic carbocycles. The van der Waals surface area contributed by atoms with E-state index in [0.29, 0.717) is 10.8 Å². The monoisotopic (exact) mass is 489 g/mol. The number of benzene rings is 2. The van der Waals surface area contributed by atoms with Crippen LogP contribution in [0, 0.1) is 6.92 Å². The van der Waals surface area contributed by atoms with E-state index in [0.717, 1.165) is 75.6 Å². The van der Waals surface area contributed by atoms with E-state index in [1.165, 1.54) is 0 Å². The Labute approximate surface area is 206 Å². The van der Waals surface area contributed by atoms with E-state index in [1.54, 1.807) is 11.8 Å². The summed E-state index contributed by atoms with van der Waals surface area (Å²) in [4.78, 5) is 8.20. The van der Waals surface area contributed by atoms with Crippen molar-refractivity contribution in [2.45, 2.75) is 43.3 Å². The number of ether oxygens (including phenoxy) is 1. The van der Waals surface area contributed by atoms with Gasteiger partial charge in [0, 0.05) is 40.4 Å². The molecule has 0 spiro atoms. The van der Waals surface area contributed by atoms with Crippen molar-refractivity contribution in [3.63, 3.8) is 0 Å². The van der Waals surface area contributed by atoms with Gasteiger partial charge in [-0.3, -0.25) is 9.55 Å². The van der Waals surface area contributed by atoms with E-state index in [9.17, 15) is 0 Å². The Morgan fingerprint density at radius 1 is 1.12 bits per heavy atom. The van der Waals surface area contributed by atoms with Crippen molar-refractivity contribution >= 4 is 45.2 Å². The molecule has 1 aliphatic heterocycles. The van der Waals surface area contributed by atoms with Crippen LogP contribution in [0.1, 0.15) is 24.1 Å². The van der Waals surface area contributed by atoms with Gasteiger partial charge in [-0.05, 0) is 37.5 Å². The highest BCUT2D eigenvalue weighted by molar-refractivity contribution is 7.98. The number of halogens is 1. The van der Waals surface area contributed by atoms with Gasteiger partial charge in [-0.1, -0.05) is 59.8 Å². The molecule has 172 valence electrons. The number of H-pyrrole nitrogens is 1. The van der Waals surface area contributed by atoms with E-state index < -0.39 is 0 Å². The SMILES string of the molecule is Cc1c(Cl)c(CSc2nnc(-c3c[nH]c4ccccc34)n2CC2CCCO2)nc2ccccc12. The maximum atomic E-state index is 6.72. The second kappa shape index (κ2) is 9.06. The summed E-state index contributed by atoms with van der Waals surface area (Å²) in [5.41, 5.74) is 5.01. The van der Waals surface area contributed by atoms with Crippen molar-refractivity contribution in [2.75, 3.05) is 6.61 Å². The number of pyridine rings is 1. The molecule has 1 N–H and O–H groups in total. The number of aromatic amines is 1. The smallest absolute Gasteiger partial charge is 0.191 e. The second-order valence-electron chi connectivity index (χ2n) is 8.60. The van der Waals surface area contributed by atoms with Crippen LogP contribution in [0.2, 0.25) is 5.02 Å². The van der Waals surface area contributed by atoms with Crippen LogP contribution < -0.4 is 0 Å². The van der Waals surface area contributed by atoms with Gasteiger partial charge >= 0.3 is 0 Å². The average Bonchev–Trinajstić information content (AvgIpc) is 3.61. The zero-order valence-electron chi connectivity index (χ0n) is 18.8. The summed E-state index contributed by atoms with van der Waals surface area (Å²) in [5.74, 6) is 1.46. The molecule has 1 fully saturated rings. The summed E-state index contributed by atoms with van der Waals surface area (Å²) in [6.07, 6.45) is 4.32. The normalized spacial score (nSPS) is 16.1. The Morgan fingerprint density at radius 2 is 1.94 bits per heavy atom. The number of aromatic nitrogens is 5. The number of para-hydroxylation sites is 2. The van der Waals surface area contributed by atoms with Gasteiger partial charge in [0.15, 0.2) is 11.0 Å². The third-order valence-electron chi connectivity index (χ3n) is 6.44. The van der Waals surface area contributed by atoms with Crippen LogP contribution in [-0.4, -0.2) is 37.4 Å². The first-order valence-electron chi connectivity index (χ1n) is 11.5. The molecule has 8 heteroatoms. The lowest BCUT2D eigenvalue weighted by molar-refractivity contribution is 0.0953. The first-order chi connectivity index (χ1) is 16.7. The zero-order chi connectivity index (χ0) is 23.1. The molecule has 0 radical (unpaired) electrons. The molecule has 3 aromatic heterocycles. The quantitative estimate of drug-likeness (QED) is 0.279. The predicted molar refractivity (Wildman–Crippen MR) is 137 cm³/mol. The largest absolute Gasteiger partial charge is 0.376 e. The molecule has 1 saturated heterocycles. The number of hydrogen-bond donors (Lipinski definition) is 1. The van der Waals surface area contributed by atoms with E-state index in [-0.39, 0.29) is 6.10 Å². The minimum Gasteiger partial charge on any atom is -0.376 e. The van der Waals surface area contributed by atoms with Crippen molar-refractivity contribution in [2.24, 2.45) is 0 Å². The fourth-order valence-electron chi connectivity index (χ4n) is 4.65. The standard InChI is InChI=1S/C26H24ClN5OS/c1-16-18-8-2-5-11-22(18)29-23(24(16)27)15-34-26-31-30-25(32(26)14-17-7-6-12-33-17)20-13-28-21-10-4-3-9-19(20)21/h2-5,8-11,13,17,28H,6-7,12,14-15H2,1H3. The summed E-state index contributed by atoms with van der Waals surface area (Å²) >= 11 is 8.34. The Kier molecular flexibility index (Phi) is 5.77. The van der Waals surface area contributed by atoms with Gasteiger partial charge in [-0.15, -0.1) is 10.2 Å². The van der Waals surface area contributed by atoms with Gasteiger partial charge in [0.25, 0.3) is 0 Å². The Bertz CT molecular complexity index is 1490. The molecule has 4 heterocycles. The number of nitrogens with zero attached hydrogens (tertiary/aromatic N) is 4. The molecule has 0 bridgehead atoms. The number of nitrogens with one attached hydrogen (secondary N) is 1. The molecule has 34 heavy (non-hydrogen) atoms. The van der Waals surface area contributed by atoms with Crippen molar-refractivity contribution < 1.29 is 4.74 Å². The summed E-state index contributed by atoms with van der Waals surface area (Å²) < 4.78 is 8.15. The van der Waals surface area contributed by atoms with Crippen molar-refractivity contribution in [3.05, 3.63) is 71.0 Å². The highest BCUT2D eigenvalue weighted by atomic mass is 35.5. The van der Waals surface area contributed by atoms with Crippen LogP contribution >= 0.6 is 23.4 Å². The van der Waals surface area contributed by atoms with Crippen molar-refractivity contribution in [1.82, 2.24) is 24.7 Å². The van der Waals surface area contributed by atoms with Crippen molar-refractivity contribution in [3.8, 4) is 11.4 Å². The van der Waals surface area contributed by atoms with Gasteiger partial charge in [0.1, 0.15) is 0 Å². The molecule has 0 saturated carbocycles. The molecule has 1 atom stereocenters. The van der Waals surface area contributed by atoms with Crippen LogP contribution in [0.25, 0.3) is 33.2 Å². The van der Waals surface area contributed by atoms with E-state index in [2.05, 4.69) is 44.9 Å². The third kappa shape index (κ3) is 3.87. The fourth-order valence-corrected chi connectivity index (χ4v) is 5.83. The maximum Gasteiger partial charge on any atom is 0.191 e. The molecule has 6 rings (SSSR count). The van der Waals surface area contributed by atoms with Crippen LogP contribution in [-0.2, 0) is 17.0 Å². The third-order valence-corrected chi connectivity index (χ3v) is 7.92. The molecule has 0 amide bonds. The lowest BCUT2D eigenvalue weighted by Crippen LogP contribution is -2.16. The van der Waals surface area contributed by atoms with Gasteiger partial charge < -0.3 is 9.72 Å². The molecule has 1 aliphatic rings. The van der Waals surface area contributed by atoms with E-state index in [1.807, 2.05) is 36.5 Å². The van der Waals surface area contributed by atoms with Crippen molar-refractivity contribution in [1.29, 1.82) is 0 Å². The zero-order valence-corrected chi connectivity index (χ0v) is 20.4. The first-order valence-corrected chi connectivity index (χ1v) is 12.8. The average molecular weight is 490 g/mol. The highest BCUT2D eigenvalue weighted by Crippen LogP contribution is 2.34. The number of hydrogen-bond acceptors (Lipinski definition) is 5. The number of thioether (sulfide) groups is 1. The lowest BCUT2D eigenvalue weighted by atomic mass is 10.1. The molecule has 6 nitrogen and oxygen atoms in total. The van der Waals surface area contributed by atoms with E-state index in [4.69, 9.17) is 21.3 Å². The Hall–Kier alpha value is -2.87. The van der Waals surface area contributed by atoms with Gasteiger partial charge in [-0.2, -0.15) is 0 Å². The molecule has 1 unspecified atom stereocenters. The minimum absolute atomic E-state index is 0.170. The molecule has 2 aromatic carbocycles. The van der Waals surface area contributed by atoms with Gasteiger partial charge in [-0.25, -0.2) is 0 Å². The van der Waals surface area contributed by atoms with Gasteiger partial charge in [0.05, 0.1) is 28.9 Å². The topological polar surface area (TPSA) is 68.6 Å². The van der Waals surface area contributed by atoms with Crippen LogP contribution in [0.15, 0.2) is 59.9 Å². The summed E-state index contributed by atoms with van der Waals surface area (Å²) in [6, 6.07) is 16.4. The second-order valence-corrected chi connectivity index (χ2v) is 9.92. The predicted octanol–water partition coefficient (Wildman–Crippen LogP) is 6.41. The van der Waals surface area contributed by atoms with E-state index >= 15 is 0 Å². The van der Waals surface area contributed by atoms with Crippen LogP contribution in [0.4, 0.5) is 0 Å². The summed E-state index contributed by atoms with van der Waals surface area (Å²) in [5, 5.41) is 13.0. The molecular weight excluding hydrogens is 466 g/mol. The Balaban J connectivity index is 1.36. The number of aryl methyl sites for hydroxylation is 1. The minimum atomic E-state index is 0.170. The number of rotatable bonds is 6. The van der Waals surface area contributed by atoms with Crippen LogP contribution in [0.3, 0.4) is 0 Å².